The fraction of sp³-hybridized carbons (Fsp3) is 0.750. The van der Waals surface area contributed by atoms with E-state index >= 15 is 0 Å². The molecule has 1 saturated heterocycles. The Labute approximate surface area is 179 Å². The second kappa shape index (κ2) is 8.83. The molecule has 0 bridgehead atoms. The molecule has 0 aliphatic carbocycles. The lowest BCUT2D eigenvalue weighted by molar-refractivity contribution is -0.217. The minimum Gasteiger partial charge on any atom is -0.441 e. The number of cyclic esters (lactones) is 1. The van der Waals surface area contributed by atoms with Crippen LogP contribution in [0.3, 0.4) is 0 Å². The number of nitrogens with zero attached hydrogens (tertiary/aromatic N) is 1. The molecule has 0 aromatic carbocycles. The summed E-state index contributed by atoms with van der Waals surface area (Å²) in [4.78, 5) is 39.2. The number of imide groups is 1. The van der Waals surface area contributed by atoms with Crippen LogP contribution in [0, 0.1) is 11.8 Å². The Morgan fingerprint density at radius 3 is 2.45 bits per heavy atom. The number of hydrogen-bond donors (Lipinski definition) is 2. The molecule has 164 valence electrons. The number of carbonyl (C=O) groups excluding carboxylic acids is 3. The molecular formula is C20H30BrNO7. The van der Waals surface area contributed by atoms with Crippen LogP contribution in [0.25, 0.3) is 0 Å². The van der Waals surface area contributed by atoms with Gasteiger partial charge < -0.3 is 19.7 Å². The summed E-state index contributed by atoms with van der Waals surface area (Å²) in [5.74, 6) is -3.89. The molecule has 2 rings (SSSR count). The molecule has 2 amide bonds. The SMILES string of the molecule is CC(C)[C@H]1N(C(=O)[C@H](C)[C@H]2O[C@@](O)(CCCCO)C(Br)=CC2=O)C(=O)OC1(C)C. The van der Waals surface area contributed by atoms with Crippen molar-refractivity contribution < 1.29 is 34.1 Å². The third-order valence-corrected chi connectivity index (χ3v) is 6.27. The molecule has 2 N–H and O–H groups in total. The number of ketones is 1. The smallest absolute Gasteiger partial charge is 0.417 e. The maximum atomic E-state index is 13.2. The number of rotatable bonds is 7. The van der Waals surface area contributed by atoms with Gasteiger partial charge in [0.1, 0.15) is 11.7 Å². The van der Waals surface area contributed by atoms with Crippen molar-refractivity contribution >= 4 is 33.7 Å². The van der Waals surface area contributed by atoms with Gasteiger partial charge in [0.15, 0.2) is 11.6 Å². The molecular weight excluding hydrogens is 446 g/mol. The van der Waals surface area contributed by atoms with Crippen LogP contribution in [-0.2, 0) is 19.1 Å². The van der Waals surface area contributed by atoms with Crippen LogP contribution in [0.15, 0.2) is 10.6 Å². The van der Waals surface area contributed by atoms with E-state index in [0.717, 1.165) is 4.90 Å². The number of ether oxygens (including phenoxy) is 2. The van der Waals surface area contributed by atoms with E-state index in [1.807, 2.05) is 13.8 Å². The highest BCUT2D eigenvalue weighted by Crippen LogP contribution is 2.39. The zero-order valence-corrected chi connectivity index (χ0v) is 19.1. The number of aliphatic hydroxyl groups excluding tert-OH is 1. The Hall–Kier alpha value is -1.29. The second-order valence-corrected chi connectivity index (χ2v) is 9.41. The summed E-state index contributed by atoms with van der Waals surface area (Å²) < 4.78 is 11.2. The number of halogens is 1. The third kappa shape index (κ3) is 4.73. The first-order valence-electron chi connectivity index (χ1n) is 9.84. The quantitative estimate of drug-likeness (QED) is 0.543. The molecule has 9 heteroatoms. The lowest BCUT2D eigenvalue weighted by atomic mass is 9.87. The van der Waals surface area contributed by atoms with Crippen LogP contribution >= 0.6 is 15.9 Å². The van der Waals surface area contributed by atoms with Gasteiger partial charge >= 0.3 is 6.09 Å². The van der Waals surface area contributed by atoms with E-state index in [0.29, 0.717) is 12.8 Å². The number of hydrogen-bond acceptors (Lipinski definition) is 7. The summed E-state index contributed by atoms with van der Waals surface area (Å²) in [6.07, 6.45) is 0.285. The van der Waals surface area contributed by atoms with Crippen LogP contribution in [-0.4, -0.2) is 63.0 Å². The third-order valence-electron chi connectivity index (χ3n) is 5.42. The van der Waals surface area contributed by atoms with Crippen molar-refractivity contribution in [2.24, 2.45) is 11.8 Å². The lowest BCUT2D eigenvalue weighted by Crippen LogP contribution is -2.54. The van der Waals surface area contributed by atoms with E-state index in [-0.39, 0.29) is 23.4 Å². The maximum Gasteiger partial charge on any atom is 0.417 e. The van der Waals surface area contributed by atoms with E-state index in [2.05, 4.69) is 15.9 Å². The average molecular weight is 476 g/mol. The lowest BCUT2D eigenvalue weighted by Gasteiger charge is -2.38. The Morgan fingerprint density at radius 1 is 1.28 bits per heavy atom. The summed E-state index contributed by atoms with van der Waals surface area (Å²) in [5, 5.41) is 19.8. The highest BCUT2D eigenvalue weighted by Gasteiger charge is 2.54. The fourth-order valence-corrected chi connectivity index (χ4v) is 4.60. The van der Waals surface area contributed by atoms with Crippen LogP contribution < -0.4 is 0 Å². The topological polar surface area (TPSA) is 113 Å². The van der Waals surface area contributed by atoms with Gasteiger partial charge in [-0.25, -0.2) is 9.69 Å². The Balaban J connectivity index is 2.26. The molecule has 0 saturated carbocycles. The van der Waals surface area contributed by atoms with Crippen molar-refractivity contribution in [2.45, 2.75) is 77.4 Å². The van der Waals surface area contributed by atoms with Crippen LogP contribution in [0.2, 0.25) is 0 Å². The normalized spacial score (nSPS) is 30.4. The molecule has 0 aromatic heterocycles. The molecule has 8 nitrogen and oxygen atoms in total. The Morgan fingerprint density at radius 2 is 1.90 bits per heavy atom. The van der Waals surface area contributed by atoms with Crippen LogP contribution in [0.4, 0.5) is 4.79 Å². The summed E-state index contributed by atoms with van der Waals surface area (Å²) in [7, 11) is 0. The molecule has 2 aliphatic rings. The molecule has 0 aromatic rings. The van der Waals surface area contributed by atoms with Crippen LogP contribution in [0.1, 0.15) is 53.9 Å². The van der Waals surface area contributed by atoms with Gasteiger partial charge in [0, 0.05) is 13.0 Å². The first kappa shape index (κ1) is 24.0. The molecule has 2 heterocycles. The van der Waals surface area contributed by atoms with Gasteiger partial charge in [0.05, 0.1) is 16.4 Å². The zero-order chi connectivity index (χ0) is 22.1. The van der Waals surface area contributed by atoms with Crippen LogP contribution in [0.5, 0.6) is 0 Å². The maximum absolute atomic E-state index is 13.2. The summed E-state index contributed by atoms with van der Waals surface area (Å²) in [6, 6.07) is -0.491. The van der Waals surface area contributed by atoms with Crippen molar-refractivity contribution in [3.8, 4) is 0 Å². The number of aliphatic hydroxyl groups is 2. The van der Waals surface area contributed by atoms with E-state index in [1.54, 1.807) is 13.8 Å². The monoisotopic (exact) mass is 475 g/mol. The van der Waals surface area contributed by atoms with Crippen molar-refractivity contribution in [2.75, 3.05) is 6.61 Å². The van der Waals surface area contributed by atoms with E-state index in [1.165, 1.54) is 13.0 Å². The minimum absolute atomic E-state index is 0.0297. The van der Waals surface area contributed by atoms with E-state index in [4.69, 9.17) is 14.6 Å². The van der Waals surface area contributed by atoms with Crippen molar-refractivity contribution in [3.05, 3.63) is 10.6 Å². The highest BCUT2D eigenvalue weighted by atomic mass is 79.9. The summed E-state index contributed by atoms with van der Waals surface area (Å²) in [6.45, 7) is 8.74. The number of unbranched alkanes of at least 4 members (excludes halogenated alkanes) is 1. The molecule has 29 heavy (non-hydrogen) atoms. The zero-order valence-electron chi connectivity index (χ0n) is 17.5. The Bertz CT molecular complexity index is 705. The molecule has 0 radical (unpaired) electrons. The van der Waals surface area contributed by atoms with Gasteiger partial charge in [-0.05, 0) is 54.6 Å². The van der Waals surface area contributed by atoms with Gasteiger partial charge in [0.2, 0.25) is 5.91 Å². The molecule has 1 fully saturated rings. The summed E-state index contributed by atoms with van der Waals surface area (Å²) in [5.41, 5.74) is -0.855. The van der Waals surface area contributed by atoms with Crippen molar-refractivity contribution in [1.82, 2.24) is 4.90 Å². The number of amides is 2. The average Bonchev–Trinajstić information content (AvgIpc) is 2.86. The molecule has 4 atom stereocenters. The standard InChI is InChI=1S/C20H30BrNO7/c1-11(2)16-19(4,5)29-18(26)22(16)17(25)12(3)15-13(24)10-14(21)20(27,28-15)8-6-7-9-23/h10-12,15-16,23,27H,6-9H2,1-5H3/t12-,15-,16-,20+/m1/s1. The molecule has 0 spiro atoms. The largest absolute Gasteiger partial charge is 0.441 e. The van der Waals surface area contributed by atoms with Gasteiger partial charge in [-0.2, -0.15) is 0 Å². The van der Waals surface area contributed by atoms with Crippen molar-refractivity contribution in [3.63, 3.8) is 0 Å². The van der Waals surface area contributed by atoms with Gasteiger partial charge in [-0.3, -0.25) is 9.59 Å². The van der Waals surface area contributed by atoms with Gasteiger partial charge in [-0.15, -0.1) is 0 Å². The van der Waals surface area contributed by atoms with E-state index < -0.39 is 47.2 Å². The first-order chi connectivity index (χ1) is 13.4. The highest BCUT2D eigenvalue weighted by molar-refractivity contribution is 9.11. The van der Waals surface area contributed by atoms with E-state index in [9.17, 15) is 19.5 Å². The minimum atomic E-state index is -1.77. The number of carbonyl (C=O) groups is 3. The fourth-order valence-electron chi connectivity index (χ4n) is 4.08. The predicted octanol–water partition coefficient (Wildman–Crippen LogP) is 2.50. The predicted molar refractivity (Wildman–Crippen MR) is 108 cm³/mol. The Kier molecular flexibility index (Phi) is 7.30. The molecule has 0 unspecified atom stereocenters. The van der Waals surface area contributed by atoms with Gasteiger partial charge in [0.25, 0.3) is 0 Å². The van der Waals surface area contributed by atoms with Crippen molar-refractivity contribution in [1.29, 1.82) is 0 Å². The first-order valence-corrected chi connectivity index (χ1v) is 10.6. The summed E-state index contributed by atoms with van der Waals surface area (Å²) >= 11 is 3.17. The second-order valence-electron chi connectivity index (χ2n) is 8.56. The van der Waals surface area contributed by atoms with Gasteiger partial charge in [-0.1, -0.05) is 20.8 Å². The molecule has 2 aliphatic heterocycles.